The number of halogens is 2. The van der Waals surface area contributed by atoms with E-state index in [-0.39, 0.29) is 18.9 Å². The van der Waals surface area contributed by atoms with Crippen LogP contribution in [-0.2, 0) is 0 Å². The molecule has 2 aliphatic rings. The Labute approximate surface area is 60.2 Å². The topological polar surface area (TPSA) is 12.0 Å². The Bertz CT molecular complexity index is 174. The van der Waals surface area contributed by atoms with Gasteiger partial charge in [0.2, 0.25) is 0 Å². The van der Waals surface area contributed by atoms with Crippen LogP contribution in [0.2, 0.25) is 0 Å². The average molecular weight is 148 g/mol. The number of alkyl halides is 2. The summed E-state index contributed by atoms with van der Waals surface area (Å²) in [6.07, 6.45) is 0.558. The molecule has 3 heteroatoms. The zero-order valence-corrected chi connectivity index (χ0v) is 5.61. The van der Waals surface area contributed by atoms with Crippen molar-refractivity contribution >= 4 is 0 Å². The molecule has 0 amide bonds. The van der Waals surface area contributed by atoms with Gasteiger partial charge < -0.3 is 5.32 Å². The maximum absolute atomic E-state index is 12.9. The Morgan fingerprint density at radius 1 is 1.50 bits per heavy atom. The fourth-order valence-corrected chi connectivity index (χ4v) is 1.79. The van der Waals surface area contributed by atoms with E-state index in [1.54, 1.807) is 0 Å². The van der Waals surface area contributed by atoms with Crippen molar-refractivity contribution in [2.24, 2.45) is 0 Å². The summed E-state index contributed by atoms with van der Waals surface area (Å²) in [5.74, 6) is -2.56. The summed E-state index contributed by atoms with van der Waals surface area (Å²) in [5.41, 5.74) is 0. The lowest BCUT2D eigenvalue weighted by Crippen LogP contribution is -2.39. The molecular formula is C7H11F2N. The SMILES string of the molecule is [2H][C@@H]1C[C@H]2CC(F)(F)[C@@H](C1)N2. The summed E-state index contributed by atoms with van der Waals surface area (Å²) in [6.45, 7) is 0. The normalized spacial score (nSPS) is 52.6. The van der Waals surface area contributed by atoms with E-state index in [0.29, 0.717) is 12.8 Å². The fraction of sp³-hybridized carbons (Fsp3) is 1.00. The Morgan fingerprint density at radius 2 is 2.30 bits per heavy atom. The van der Waals surface area contributed by atoms with Crippen molar-refractivity contribution in [1.82, 2.24) is 5.32 Å². The quantitative estimate of drug-likeness (QED) is 0.549. The highest BCUT2D eigenvalue weighted by Crippen LogP contribution is 2.38. The van der Waals surface area contributed by atoms with Crippen molar-refractivity contribution in [3.05, 3.63) is 0 Å². The van der Waals surface area contributed by atoms with Crippen molar-refractivity contribution in [2.75, 3.05) is 0 Å². The monoisotopic (exact) mass is 148 g/mol. The summed E-state index contributed by atoms with van der Waals surface area (Å²) >= 11 is 0. The first kappa shape index (κ1) is 5.47. The van der Waals surface area contributed by atoms with E-state index in [1.165, 1.54) is 0 Å². The lowest BCUT2D eigenvalue weighted by molar-refractivity contribution is -0.0118. The van der Waals surface area contributed by atoms with Gasteiger partial charge >= 0.3 is 0 Å². The average Bonchev–Trinajstić information content (AvgIpc) is 2.02. The maximum atomic E-state index is 12.9. The summed E-state index contributed by atoms with van der Waals surface area (Å²) in [5, 5.41) is 2.84. The number of fused-ring (bicyclic) bond motifs is 2. The van der Waals surface area contributed by atoms with Crippen LogP contribution in [-0.4, -0.2) is 18.0 Å². The molecule has 0 aromatic heterocycles. The van der Waals surface area contributed by atoms with E-state index < -0.39 is 12.0 Å². The van der Waals surface area contributed by atoms with E-state index in [2.05, 4.69) is 5.32 Å². The highest BCUT2D eigenvalue weighted by atomic mass is 19.3. The van der Waals surface area contributed by atoms with Gasteiger partial charge in [0.15, 0.2) is 0 Å². The molecule has 1 nitrogen and oxygen atoms in total. The smallest absolute Gasteiger partial charge is 0.264 e. The van der Waals surface area contributed by atoms with Crippen LogP contribution in [0.15, 0.2) is 0 Å². The second-order valence-corrected chi connectivity index (χ2v) is 3.14. The van der Waals surface area contributed by atoms with Gasteiger partial charge in [-0.25, -0.2) is 8.78 Å². The van der Waals surface area contributed by atoms with Gasteiger partial charge in [-0.15, -0.1) is 0 Å². The Morgan fingerprint density at radius 3 is 3.00 bits per heavy atom. The minimum Gasteiger partial charge on any atom is -0.306 e. The second-order valence-electron chi connectivity index (χ2n) is 3.14. The van der Waals surface area contributed by atoms with Crippen LogP contribution in [0.3, 0.4) is 0 Å². The number of hydrogen-bond donors (Lipinski definition) is 1. The Hall–Kier alpha value is -0.180. The van der Waals surface area contributed by atoms with Gasteiger partial charge in [0.1, 0.15) is 0 Å². The largest absolute Gasteiger partial charge is 0.306 e. The molecule has 2 rings (SSSR count). The number of hydrogen-bond acceptors (Lipinski definition) is 1. The van der Waals surface area contributed by atoms with Crippen LogP contribution in [0.5, 0.6) is 0 Å². The minimum atomic E-state index is -2.56. The van der Waals surface area contributed by atoms with Crippen molar-refractivity contribution in [1.29, 1.82) is 0 Å². The van der Waals surface area contributed by atoms with Gasteiger partial charge in [-0.05, 0) is 12.8 Å². The Balaban J connectivity index is 2.14. The molecule has 0 radical (unpaired) electrons. The van der Waals surface area contributed by atoms with Crippen LogP contribution in [0.25, 0.3) is 0 Å². The lowest BCUT2D eigenvalue weighted by Gasteiger charge is -2.21. The molecule has 0 aromatic rings. The molecule has 2 saturated heterocycles. The molecule has 2 fully saturated rings. The van der Waals surface area contributed by atoms with Gasteiger partial charge in [0, 0.05) is 13.8 Å². The summed E-state index contributed by atoms with van der Waals surface area (Å²) in [7, 11) is 0. The zero-order chi connectivity index (χ0) is 8.06. The van der Waals surface area contributed by atoms with Crippen molar-refractivity contribution in [3.63, 3.8) is 0 Å². The second kappa shape index (κ2) is 1.91. The number of nitrogens with one attached hydrogen (secondary N) is 1. The number of piperidine rings is 1. The molecular weight excluding hydrogens is 136 g/mol. The summed E-state index contributed by atoms with van der Waals surface area (Å²) in [6, 6.07) is -0.824. The molecule has 0 aliphatic carbocycles. The zero-order valence-electron chi connectivity index (χ0n) is 6.61. The lowest BCUT2D eigenvalue weighted by atomic mass is 10.1. The predicted molar refractivity (Wildman–Crippen MR) is 34.1 cm³/mol. The predicted octanol–water partition coefficient (Wildman–Crippen LogP) is 1.54. The summed E-state index contributed by atoms with van der Waals surface area (Å²) < 4.78 is 33.2. The summed E-state index contributed by atoms with van der Waals surface area (Å²) in [4.78, 5) is 0. The molecule has 2 aliphatic heterocycles. The van der Waals surface area contributed by atoms with Gasteiger partial charge in [-0.1, -0.05) is 6.40 Å². The molecule has 1 N–H and O–H groups in total. The molecule has 2 heterocycles. The molecule has 3 atom stereocenters. The van der Waals surface area contributed by atoms with Gasteiger partial charge in [0.25, 0.3) is 5.92 Å². The van der Waals surface area contributed by atoms with Crippen LogP contribution < -0.4 is 5.32 Å². The van der Waals surface area contributed by atoms with Gasteiger partial charge in [-0.3, -0.25) is 0 Å². The van der Waals surface area contributed by atoms with Crippen LogP contribution >= 0.6 is 0 Å². The first-order valence-electron chi connectivity index (χ1n) is 4.22. The van der Waals surface area contributed by atoms with E-state index in [0.717, 1.165) is 0 Å². The standard InChI is InChI=1S/C7H11F2N/c8-7(9)4-5-2-1-3-6(7)10-5/h5-6,10H,1-4H2/t5-,6+/m0/s1/i1D/t1-,5+,6-/m1. The third-order valence-corrected chi connectivity index (χ3v) is 2.32. The molecule has 0 spiro atoms. The third-order valence-electron chi connectivity index (χ3n) is 2.32. The maximum Gasteiger partial charge on any atom is 0.264 e. The third kappa shape index (κ3) is 0.839. The van der Waals surface area contributed by atoms with Crippen LogP contribution in [0, 0.1) is 0 Å². The molecule has 2 bridgehead atoms. The van der Waals surface area contributed by atoms with Crippen molar-refractivity contribution < 1.29 is 10.2 Å². The Kier molecular flexibility index (Phi) is 1.04. The van der Waals surface area contributed by atoms with E-state index in [1.807, 2.05) is 0 Å². The highest BCUT2D eigenvalue weighted by molar-refractivity contribution is 4.99. The van der Waals surface area contributed by atoms with Gasteiger partial charge in [-0.2, -0.15) is 0 Å². The first-order chi connectivity index (χ1) is 5.08. The highest BCUT2D eigenvalue weighted by Gasteiger charge is 2.49. The van der Waals surface area contributed by atoms with Crippen molar-refractivity contribution in [3.8, 4) is 0 Å². The van der Waals surface area contributed by atoms with E-state index in [9.17, 15) is 8.78 Å². The molecule has 58 valence electrons. The minimum absolute atomic E-state index is 0.0625. The molecule has 0 saturated carbocycles. The molecule has 0 aromatic carbocycles. The van der Waals surface area contributed by atoms with E-state index >= 15 is 0 Å². The molecule has 0 unspecified atom stereocenters. The van der Waals surface area contributed by atoms with Crippen molar-refractivity contribution in [2.45, 2.75) is 43.7 Å². The first-order valence-corrected chi connectivity index (χ1v) is 3.64. The van der Waals surface area contributed by atoms with Crippen LogP contribution in [0.1, 0.15) is 27.0 Å². The fourth-order valence-electron chi connectivity index (χ4n) is 1.79. The number of rotatable bonds is 0. The van der Waals surface area contributed by atoms with E-state index in [4.69, 9.17) is 1.37 Å². The molecule has 10 heavy (non-hydrogen) atoms. The van der Waals surface area contributed by atoms with Crippen LogP contribution in [0.4, 0.5) is 8.78 Å². The van der Waals surface area contributed by atoms with Gasteiger partial charge in [0.05, 0.1) is 6.04 Å².